The SMILES string of the molecule is COc1ccc(F)cc1C(=O)c1cnc(N(C2CCNCC2)S(=O)(=O)CCCNCC(C)O)nc1N. The zero-order valence-corrected chi connectivity index (χ0v) is 21.2. The highest BCUT2D eigenvalue weighted by molar-refractivity contribution is 7.92. The maximum absolute atomic E-state index is 13.8. The van der Waals surface area contributed by atoms with Crippen molar-refractivity contribution in [2.75, 3.05) is 49.1 Å². The lowest BCUT2D eigenvalue weighted by Crippen LogP contribution is -2.48. The van der Waals surface area contributed by atoms with Gasteiger partial charge in [0.2, 0.25) is 21.8 Å². The van der Waals surface area contributed by atoms with Gasteiger partial charge >= 0.3 is 0 Å². The van der Waals surface area contributed by atoms with Crippen molar-refractivity contribution in [2.24, 2.45) is 0 Å². The molecule has 0 bridgehead atoms. The van der Waals surface area contributed by atoms with E-state index in [1.54, 1.807) is 6.92 Å². The fourth-order valence-electron chi connectivity index (χ4n) is 4.01. The van der Waals surface area contributed by atoms with Gasteiger partial charge in [0, 0.05) is 12.7 Å². The lowest BCUT2D eigenvalue weighted by Gasteiger charge is -2.34. The summed E-state index contributed by atoms with van der Waals surface area (Å²) in [6.45, 7) is 3.69. The van der Waals surface area contributed by atoms with Gasteiger partial charge in [-0.05, 0) is 64.0 Å². The number of nitrogens with zero attached hydrogens (tertiary/aromatic N) is 3. The van der Waals surface area contributed by atoms with Crippen LogP contribution < -0.4 is 25.4 Å². The summed E-state index contributed by atoms with van der Waals surface area (Å²) in [5, 5.41) is 15.6. The first-order chi connectivity index (χ1) is 17.1. The van der Waals surface area contributed by atoms with Gasteiger partial charge in [0.05, 0.1) is 36.1 Å². The summed E-state index contributed by atoms with van der Waals surface area (Å²) >= 11 is 0. The van der Waals surface area contributed by atoms with Gasteiger partial charge in [-0.25, -0.2) is 22.1 Å². The third kappa shape index (κ3) is 6.87. The average Bonchev–Trinajstić information content (AvgIpc) is 2.84. The smallest absolute Gasteiger partial charge is 0.241 e. The molecular formula is C23H33FN6O5S. The van der Waals surface area contributed by atoms with Gasteiger partial charge in [0.25, 0.3) is 0 Å². The van der Waals surface area contributed by atoms with Crippen molar-refractivity contribution < 1.29 is 27.4 Å². The Balaban J connectivity index is 1.88. The molecule has 1 atom stereocenters. The van der Waals surface area contributed by atoms with Crippen molar-refractivity contribution in [3.05, 3.63) is 41.3 Å². The number of hydrogen-bond donors (Lipinski definition) is 4. The van der Waals surface area contributed by atoms with Crippen molar-refractivity contribution in [3.8, 4) is 5.75 Å². The van der Waals surface area contributed by atoms with Crippen LogP contribution in [0.2, 0.25) is 0 Å². The Morgan fingerprint density at radius 3 is 2.72 bits per heavy atom. The minimum Gasteiger partial charge on any atom is -0.496 e. The summed E-state index contributed by atoms with van der Waals surface area (Å²) in [6.07, 6.45) is 2.08. The fourth-order valence-corrected chi connectivity index (χ4v) is 5.72. The number of aliphatic hydroxyl groups is 1. The van der Waals surface area contributed by atoms with Gasteiger partial charge in [-0.3, -0.25) is 4.79 Å². The second-order valence-electron chi connectivity index (χ2n) is 8.64. The zero-order valence-electron chi connectivity index (χ0n) is 20.4. The molecule has 1 aliphatic heterocycles. The van der Waals surface area contributed by atoms with Crippen molar-refractivity contribution in [1.29, 1.82) is 0 Å². The number of benzene rings is 1. The molecule has 2 heterocycles. The topological polar surface area (TPSA) is 160 Å². The normalized spacial score (nSPS) is 15.4. The van der Waals surface area contributed by atoms with E-state index < -0.39 is 27.7 Å². The van der Waals surface area contributed by atoms with Gasteiger partial charge in [-0.1, -0.05) is 0 Å². The maximum Gasteiger partial charge on any atom is 0.241 e. The number of aliphatic hydroxyl groups excluding tert-OH is 1. The van der Waals surface area contributed by atoms with Gasteiger partial charge in [-0.15, -0.1) is 0 Å². The second-order valence-corrected chi connectivity index (χ2v) is 10.6. The summed E-state index contributed by atoms with van der Waals surface area (Å²) < 4.78 is 46.9. The van der Waals surface area contributed by atoms with Crippen molar-refractivity contribution in [2.45, 2.75) is 38.3 Å². The molecule has 0 aliphatic carbocycles. The van der Waals surface area contributed by atoms with Crippen molar-refractivity contribution in [1.82, 2.24) is 20.6 Å². The third-order valence-corrected chi connectivity index (χ3v) is 7.65. The highest BCUT2D eigenvalue weighted by Gasteiger charge is 2.34. The first-order valence-electron chi connectivity index (χ1n) is 11.8. The van der Waals surface area contributed by atoms with Crippen LogP contribution in [0.15, 0.2) is 24.4 Å². The van der Waals surface area contributed by atoms with E-state index in [4.69, 9.17) is 10.5 Å². The van der Waals surface area contributed by atoms with E-state index in [1.165, 1.54) is 23.5 Å². The number of methoxy groups -OCH3 is 1. The molecular weight excluding hydrogens is 491 g/mol. The fraction of sp³-hybridized carbons (Fsp3) is 0.522. The van der Waals surface area contributed by atoms with Gasteiger partial charge in [-0.2, -0.15) is 4.98 Å². The Hall–Kier alpha value is -2.87. The first-order valence-corrected chi connectivity index (χ1v) is 13.4. The molecule has 2 aromatic rings. The number of ether oxygens (including phenoxy) is 1. The van der Waals surface area contributed by atoms with E-state index in [9.17, 15) is 22.7 Å². The van der Waals surface area contributed by atoms with E-state index in [-0.39, 0.29) is 40.4 Å². The molecule has 198 valence electrons. The molecule has 5 N–H and O–H groups in total. The third-order valence-electron chi connectivity index (χ3n) is 5.79. The Morgan fingerprint density at radius 1 is 1.36 bits per heavy atom. The number of nitrogen functional groups attached to an aromatic ring is 1. The molecule has 1 unspecified atom stereocenters. The van der Waals surface area contributed by atoms with Crippen LogP contribution in [0.3, 0.4) is 0 Å². The quantitative estimate of drug-likeness (QED) is 0.230. The number of nitrogens with one attached hydrogen (secondary N) is 2. The molecule has 1 saturated heterocycles. The highest BCUT2D eigenvalue weighted by Crippen LogP contribution is 2.27. The van der Waals surface area contributed by atoms with E-state index in [0.29, 0.717) is 45.4 Å². The van der Waals surface area contributed by atoms with Crippen molar-refractivity contribution in [3.63, 3.8) is 0 Å². The molecule has 3 rings (SSSR count). The molecule has 36 heavy (non-hydrogen) atoms. The molecule has 1 aromatic carbocycles. The van der Waals surface area contributed by atoms with E-state index in [1.807, 2.05) is 0 Å². The van der Waals surface area contributed by atoms with Crippen molar-refractivity contribution >= 4 is 27.6 Å². The molecule has 0 amide bonds. The van der Waals surface area contributed by atoms with E-state index in [0.717, 1.165) is 12.3 Å². The average molecular weight is 525 g/mol. The summed E-state index contributed by atoms with van der Waals surface area (Å²) in [5.41, 5.74) is 5.96. The molecule has 1 aromatic heterocycles. The standard InChI is InChI=1S/C23H33FN6O5S/c1-15(31)13-27-8-3-11-36(33,34)30(17-6-9-26-10-7-17)23-28-14-19(22(25)29-23)21(32)18-12-16(24)4-5-20(18)35-2/h4-5,12,14-15,17,26-27,31H,3,6-11,13H2,1-2H3,(H2,25,28,29). The number of carbonyl (C=O) groups excluding carboxylic acids is 1. The largest absolute Gasteiger partial charge is 0.496 e. The summed E-state index contributed by atoms with van der Waals surface area (Å²) in [4.78, 5) is 21.5. The Kier molecular flexibility index (Phi) is 9.54. The number of hydrogen-bond acceptors (Lipinski definition) is 10. The van der Waals surface area contributed by atoms with Crippen LogP contribution in [0.25, 0.3) is 0 Å². The Morgan fingerprint density at radius 2 is 2.08 bits per heavy atom. The Bertz CT molecular complexity index is 1160. The van der Waals surface area contributed by atoms with Crippen LogP contribution in [0.4, 0.5) is 16.2 Å². The number of sulfonamides is 1. The second kappa shape index (κ2) is 12.4. The number of anilines is 2. The molecule has 11 nitrogen and oxygen atoms in total. The molecule has 0 saturated carbocycles. The minimum absolute atomic E-state index is 0.0481. The summed E-state index contributed by atoms with van der Waals surface area (Å²) in [7, 11) is -2.47. The summed E-state index contributed by atoms with van der Waals surface area (Å²) in [6, 6.07) is 3.16. The molecule has 0 spiro atoms. The van der Waals surface area contributed by atoms with E-state index >= 15 is 0 Å². The number of piperidine rings is 1. The number of aromatic nitrogens is 2. The Labute approximate surface area is 210 Å². The molecule has 0 radical (unpaired) electrons. The van der Waals surface area contributed by atoms with E-state index in [2.05, 4.69) is 20.6 Å². The number of nitrogens with two attached hydrogens (primary N) is 1. The predicted octanol–water partition coefficient (Wildman–Crippen LogP) is 0.686. The lowest BCUT2D eigenvalue weighted by atomic mass is 10.0. The van der Waals surface area contributed by atoms with Crippen LogP contribution in [0, 0.1) is 5.82 Å². The maximum atomic E-state index is 13.8. The zero-order chi connectivity index (χ0) is 26.3. The van der Waals surface area contributed by atoms with Crippen LogP contribution in [0.1, 0.15) is 42.1 Å². The number of ketones is 1. The van der Waals surface area contributed by atoms with Crippen LogP contribution in [-0.4, -0.2) is 80.5 Å². The predicted molar refractivity (Wildman–Crippen MR) is 134 cm³/mol. The van der Waals surface area contributed by atoms with Crippen LogP contribution in [0.5, 0.6) is 5.75 Å². The molecule has 1 fully saturated rings. The van der Waals surface area contributed by atoms with Crippen LogP contribution in [-0.2, 0) is 10.0 Å². The number of carbonyl (C=O) groups is 1. The highest BCUT2D eigenvalue weighted by atomic mass is 32.2. The van der Waals surface area contributed by atoms with Gasteiger partial charge in [0.1, 0.15) is 17.4 Å². The van der Waals surface area contributed by atoms with Crippen LogP contribution >= 0.6 is 0 Å². The number of rotatable bonds is 12. The van der Waals surface area contributed by atoms with Gasteiger partial charge < -0.3 is 26.2 Å². The first kappa shape index (κ1) is 27.7. The lowest BCUT2D eigenvalue weighted by molar-refractivity contribution is 0.103. The number of halogens is 1. The molecule has 13 heteroatoms. The summed E-state index contributed by atoms with van der Waals surface area (Å²) in [5.74, 6) is -1.60. The minimum atomic E-state index is -3.83. The monoisotopic (exact) mass is 524 g/mol. The van der Waals surface area contributed by atoms with Gasteiger partial charge in [0.15, 0.2) is 0 Å². The molecule has 1 aliphatic rings.